The quantitative estimate of drug-likeness (QED) is 0.686. The fourth-order valence-electron chi connectivity index (χ4n) is 2.17. The predicted octanol–water partition coefficient (Wildman–Crippen LogP) is 3.21. The second kappa shape index (κ2) is 8.51. The van der Waals surface area contributed by atoms with E-state index in [1.807, 2.05) is 14.1 Å². The fourth-order valence-corrected chi connectivity index (χ4v) is 3.41. The molecule has 0 bridgehead atoms. The molecule has 8 heteroatoms. The maximum Gasteiger partial charge on any atom is 0.261 e. The zero-order valence-electron chi connectivity index (χ0n) is 14.6. The van der Waals surface area contributed by atoms with Crippen LogP contribution in [0.1, 0.15) is 12.0 Å². The number of rotatable bonds is 8. The van der Waals surface area contributed by atoms with Crippen LogP contribution >= 0.6 is 11.6 Å². The van der Waals surface area contributed by atoms with Crippen LogP contribution in [0.15, 0.2) is 41.4 Å². The van der Waals surface area contributed by atoms with Crippen molar-refractivity contribution in [2.24, 2.45) is 0 Å². The molecule has 0 spiro atoms. The lowest BCUT2D eigenvalue weighted by molar-refractivity contribution is 0.405. The molecular formula is C17H23ClN4O2S. The Morgan fingerprint density at radius 3 is 2.56 bits per heavy atom. The van der Waals surface area contributed by atoms with Gasteiger partial charge in [-0.05, 0) is 69.9 Å². The number of nitrogens with one attached hydrogen (secondary N) is 2. The lowest BCUT2D eigenvalue weighted by Gasteiger charge is -2.11. The highest BCUT2D eigenvalue weighted by Crippen LogP contribution is 2.21. The Morgan fingerprint density at radius 1 is 1.20 bits per heavy atom. The van der Waals surface area contributed by atoms with E-state index in [0.717, 1.165) is 19.5 Å². The third-order valence-corrected chi connectivity index (χ3v) is 5.35. The van der Waals surface area contributed by atoms with Crippen molar-refractivity contribution in [2.75, 3.05) is 37.2 Å². The van der Waals surface area contributed by atoms with Crippen LogP contribution in [-0.2, 0) is 10.0 Å². The normalized spacial score (nSPS) is 11.6. The summed E-state index contributed by atoms with van der Waals surface area (Å²) in [5.41, 5.74) is 1.12. The van der Waals surface area contributed by atoms with Gasteiger partial charge in [-0.2, -0.15) is 0 Å². The molecule has 2 aromatic rings. The monoisotopic (exact) mass is 382 g/mol. The van der Waals surface area contributed by atoms with Crippen molar-refractivity contribution >= 4 is 33.1 Å². The van der Waals surface area contributed by atoms with Crippen molar-refractivity contribution in [1.29, 1.82) is 0 Å². The van der Waals surface area contributed by atoms with Gasteiger partial charge in [0.1, 0.15) is 5.82 Å². The van der Waals surface area contributed by atoms with Crippen LogP contribution in [0.5, 0.6) is 0 Å². The zero-order chi connectivity index (χ0) is 18.4. The first-order valence-corrected chi connectivity index (χ1v) is 9.78. The largest absolute Gasteiger partial charge is 0.370 e. The van der Waals surface area contributed by atoms with Gasteiger partial charge in [-0.25, -0.2) is 13.4 Å². The second-order valence-electron chi connectivity index (χ2n) is 6.03. The first kappa shape index (κ1) is 19.5. The van der Waals surface area contributed by atoms with Crippen molar-refractivity contribution in [3.8, 4) is 0 Å². The number of halogens is 1. The molecule has 0 atom stereocenters. The van der Waals surface area contributed by atoms with Gasteiger partial charge in [0.15, 0.2) is 0 Å². The average molecular weight is 383 g/mol. The zero-order valence-corrected chi connectivity index (χ0v) is 16.2. The number of benzene rings is 1. The Bertz CT molecular complexity index is 808. The molecule has 0 unspecified atom stereocenters. The molecule has 0 aliphatic carbocycles. The summed E-state index contributed by atoms with van der Waals surface area (Å²) in [6.45, 7) is 3.56. The minimum absolute atomic E-state index is 0.167. The standard InChI is InChI=1S/C17H23ClN4O2S/c1-13-11-15(6-7-16(13)18)25(23,24)21-14-5-8-17(20-12-14)19-9-4-10-22(2)3/h5-8,11-12,21H,4,9-10H2,1-3H3,(H,19,20). The molecule has 1 aromatic heterocycles. The topological polar surface area (TPSA) is 74.3 Å². The smallest absolute Gasteiger partial charge is 0.261 e. The number of aromatic nitrogens is 1. The molecular weight excluding hydrogens is 360 g/mol. The van der Waals surface area contributed by atoms with Gasteiger partial charge in [-0.15, -0.1) is 0 Å². The molecule has 2 N–H and O–H groups in total. The van der Waals surface area contributed by atoms with Crippen molar-refractivity contribution in [3.63, 3.8) is 0 Å². The van der Waals surface area contributed by atoms with Gasteiger partial charge in [-0.1, -0.05) is 11.6 Å². The fraction of sp³-hybridized carbons (Fsp3) is 0.353. The van der Waals surface area contributed by atoms with Gasteiger partial charge in [0.25, 0.3) is 10.0 Å². The van der Waals surface area contributed by atoms with Gasteiger partial charge in [0.2, 0.25) is 0 Å². The average Bonchev–Trinajstić information content (AvgIpc) is 2.55. The molecule has 6 nitrogen and oxygen atoms in total. The number of anilines is 2. The summed E-state index contributed by atoms with van der Waals surface area (Å²) in [7, 11) is 0.388. The number of sulfonamides is 1. The maximum atomic E-state index is 12.4. The van der Waals surface area contributed by atoms with Gasteiger partial charge in [0.05, 0.1) is 16.8 Å². The van der Waals surface area contributed by atoms with Crippen LogP contribution in [0.2, 0.25) is 5.02 Å². The summed E-state index contributed by atoms with van der Waals surface area (Å²) < 4.78 is 27.4. The van der Waals surface area contributed by atoms with Crippen LogP contribution in [0, 0.1) is 6.92 Å². The first-order chi connectivity index (χ1) is 11.8. The number of hydrogen-bond acceptors (Lipinski definition) is 5. The lowest BCUT2D eigenvalue weighted by atomic mass is 10.2. The number of aryl methyl sites for hydroxylation is 1. The Labute approximate surface area is 154 Å². The summed E-state index contributed by atoms with van der Waals surface area (Å²) in [4.78, 5) is 6.52. The van der Waals surface area contributed by atoms with E-state index in [0.29, 0.717) is 22.1 Å². The summed E-state index contributed by atoms with van der Waals surface area (Å²) in [5.74, 6) is 0.712. The summed E-state index contributed by atoms with van der Waals surface area (Å²) in [5, 5.41) is 3.74. The van der Waals surface area contributed by atoms with Crippen LogP contribution in [0.4, 0.5) is 11.5 Å². The lowest BCUT2D eigenvalue weighted by Crippen LogP contribution is -2.16. The van der Waals surface area contributed by atoms with Crippen molar-refractivity contribution in [1.82, 2.24) is 9.88 Å². The van der Waals surface area contributed by atoms with Crippen molar-refractivity contribution in [2.45, 2.75) is 18.2 Å². The van der Waals surface area contributed by atoms with Gasteiger partial charge in [-0.3, -0.25) is 4.72 Å². The van der Waals surface area contributed by atoms with Crippen LogP contribution < -0.4 is 10.0 Å². The second-order valence-corrected chi connectivity index (χ2v) is 8.12. The third-order valence-electron chi connectivity index (χ3n) is 3.54. The van der Waals surface area contributed by atoms with Gasteiger partial charge >= 0.3 is 0 Å². The summed E-state index contributed by atoms with van der Waals surface area (Å²) >= 11 is 5.94. The SMILES string of the molecule is Cc1cc(S(=O)(=O)Nc2ccc(NCCCN(C)C)nc2)ccc1Cl. The number of hydrogen-bond donors (Lipinski definition) is 2. The Morgan fingerprint density at radius 2 is 1.96 bits per heavy atom. The van der Waals surface area contributed by atoms with Crippen molar-refractivity contribution < 1.29 is 8.42 Å². The van der Waals surface area contributed by atoms with E-state index in [2.05, 4.69) is 19.9 Å². The highest BCUT2D eigenvalue weighted by molar-refractivity contribution is 7.92. The minimum atomic E-state index is -3.67. The third kappa shape index (κ3) is 5.88. The van der Waals surface area contributed by atoms with Crippen molar-refractivity contribution in [3.05, 3.63) is 47.1 Å². The summed E-state index contributed by atoms with van der Waals surface area (Å²) in [6, 6.07) is 8.03. The maximum absolute atomic E-state index is 12.4. The van der Waals surface area contributed by atoms with Gasteiger partial charge in [0, 0.05) is 11.6 Å². The first-order valence-electron chi connectivity index (χ1n) is 7.91. The van der Waals surface area contributed by atoms with Gasteiger partial charge < -0.3 is 10.2 Å². The molecule has 0 fully saturated rings. The van der Waals surface area contributed by atoms with E-state index >= 15 is 0 Å². The molecule has 1 aromatic carbocycles. The molecule has 136 valence electrons. The molecule has 0 radical (unpaired) electrons. The Balaban J connectivity index is 1.99. The van der Waals surface area contributed by atoms with E-state index in [-0.39, 0.29) is 4.90 Å². The van der Waals surface area contributed by atoms with E-state index in [1.165, 1.54) is 12.3 Å². The van der Waals surface area contributed by atoms with Crippen LogP contribution in [0.3, 0.4) is 0 Å². The molecule has 2 rings (SSSR count). The highest BCUT2D eigenvalue weighted by atomic mass is 35.5. The molecule has 0 saturated carbocycles. The Kier molecular flexibility index (Phi) is 6.64. The Hall–Kier alpha value is -1.83. The minimum Gasteiger partial charge on any atom is -0.370 e. The summed E-state index contributed by atoms with van der Waals surface area (Å²) in [6.07, 6.45) is 2.49. The molecule has 1 heterocycles. The van der Waals surface area contributed by atoms with Crippen LogP contribution in [0.25, 0.3) is 0 Å². The number of nitrogens with zero attached hydrogens (tertiary/aromatic N) is 2. The van der Waals surface area contributed by atoms with E-state index in [1.54, 1.807) is 31.2 Å². The van der Waals surface area contributed by atoms with Crippen LogP contribution in [-0.4, -0.2) is 45.5 Å². The predicted molar refractivity (Wildman–Crippen MR) is 103 cm³/mol. The van der Waals surface area contributed by atoms with E-state index in [4.69, 9.17) is 11.6 Å². The molecule has 0 aliphatic rings. The molecule has 25 heavy (non-hydrogen) atoms. The molecule has 0 amide bonds. The van der Waals surface area contributed by atoms with E-state index in [9.17, 15) is 8.42 Å². The highest BCUT2D eigenvalue weighted by Gasteiger charge is 2.15. The number of pyridine rings is 1. The van der Waals surface area contributed by atoms with E-state index < -0.39 is 10.0 Å². The molecule has 0 aliphatic heterocycles. The molecule has 0 saturated heterocycles.